The molecule has 0 aliphatic carbocycles. The zero-order chi connectivity index (χ0) is 18.8. The van der Waals surface area contributed by atoms with Crippen LogP contribution in [0.2, 0.25) is 0 Å². The second kappa shape index (κ2) is 7.36. The molecule has 2 aromatic heterocycles. The fraction of sp³-hybridized carbons (Fsp3) is 0.294. The summed E-state index contributed by atoms with van der Waals surface area (Å²) < 4.78 is 31.3. The van der Waals surface area contributed by atoms with Crippen LogP contribution in [0.3, 0.4) is 0 Å². The van der Waals surface area contributed by atoms with E-state index < -0.39 is 6.61 Å². The fourth-order valence-electron chi connectivity index (χ4n) is 2.56. The molecule has 0 aliphatic rings. The van der Waals surface area contributed by atoms with Crippen molar-refractivity contribution in [2.75, 3.05) is 5.75 Å². The van der Waals surface area contributed by atoms with Gasteiger partial charge in [0.05, 0.1) is 11.3 Å². The standard InChI is InChI=1S/C17H16F2N4O2S/c1-9-4-5-14(25-15(18)19)12(6-9)13(24)8-26-17-22-21-16-20-10(2)7-11(3)23(16)17/h4-7,15H,8H2,1-3H3. The number of halogens is 2. The molecule has 136 valence electrons. The largest absolute Gasteiger partial charge is 0.434 e. The van der Waals surface area contributed by atoms with Crippen LogP contribution in [0.25, 0.3) is 5.78 Å². The van der Waals surface area contributed by atoms with E-state index in [1.54, 1.807) is 23.5 Å². The molecule has 0 saturated heterocycles. The minimum absolute atomic E-state index is 0.0111. The Kier molecular flexibility index (Phi) is 5.17. The fourth-order valence-corrected chi connectivity index (χ4v) is 3.43. The van der Waals surface area contributed by atoms with Crippen molar-refractivity contribution in [1.82, 2.24) is 19.6 Å². The maximum atomic E-state index is 12.6. The predicted octanol–water partition coefficient (Wildman–Crippen LogP) is 3.63. The van der Waals surface area contributed by atoms with Crippen molar-refractivity contribution in [3.63, 3.8) is 0 Å². The number of hydrogen-bond donors (Lipinski definition) is 0. The van der Waals surface area contributed by atoms with Gasteiger partial charge >= 0.3 is 6.61 Å². The van der Waals surface area contributed by atoms with E-state index in [4.69, 9.17) is 0 Å². The van der Waals surface area contributed by atoms with Crippen molar-refractivity contribution >= 4 is 23.3 Å². The van der Waals surface area contributed by atoms with E-state index in [1.807, 2.05) is 19.9 Å². The number of carbonyl (C=O) groups excluding carboxylic acids is 1. The molecule has 1 aromatic carbocycles. The number of ether oxygens (including phenoxy) is 1. The summed E-state index contributed by atoms with van der Waals surface area (Å²) in [6.07, 6.45) is 0. The number of Topliss-reactive ketones (excluding diaryl/α,β-unsaturated/α-hetero) is 1. The van der Waals surface area contributed by atoms with Gasteiger partial charge in [0.25, 0.3) is 5.78 Å². The minimum Gasteiger partial charge on any atom is -0.434 e. The Morgan fingerprint density at radius 2 is 2.00 bits per heavy atom. The number of aryl methyl sites for hydroxylation is 3. The molecule has 0 bridgehead atoms. The third kappa shape index (κ3) is 3.82. The molecule has 0 amide bonds. The second-order valence-electron chi connectivity index (χ2n) is 5.75. The molecule has 0 atom stereocenters. The van der Waals surface area contributed by atoms with Gasteiger partial charge in [-0.25, -0.2) is 4.98 Å². The maximum absolute atomic E-state index is 12.6. The summed E-state index contributed by atoms with van der Waals surface area (Å²) in [4.78, 5) is 16.8. The van der Waals surface area contributed by atoms with Crippen molar-refractivity contribution in [2.45, 2.75) is 32.5 Å². The van der Waals surface area contributed by atoms with Crippen LogP contribution in [0.15, 0.2) is 29.4 Å². The molecule has 0 saturated carbocycles. The number of carbonyl (C=O) groups is 1. The Labute approximate surface area is 152 Å². The molecule has 0 radical (unpaired) electrons. The summed E-state index contributed by atoms with van der Waals surface area (Å²) in [5.74, 6) is 0.00582. The van der Waals surface area contributed by atoms with Gasteiger partial charge in [0.15, 0.2) is 10.9 Å². The van der Waals surface area contributed by atoms with Gasteiger partial charge in [0, 0.05) is 11.4 Å². The first-order valence-electron chi connectivity index (χ1n) is 7.76. The molecular weight excluding hydrogens is 362 g/mol. The molecule has 2 heterocycles. The first kappa shape index (κ1) is 18.2. The Bertz CT molecular complexity index is 975. The summed E-state index contributed by atoms with van der Waals surface area (Å²) >= 11 is 1.17. The lowest BCUT2D eigenvalue weighted by molar-refractivity contribution is -0.0501. The monoisotopic (exact) mass is 378 g/mol. The van der Waals surface area contributed by atoms with Gasteiger partial charge in [-0.2, -0.15) is 8.78 Å². The molecule has 26 heavy (non-hydrogen) atoms. The molecule has 0 aliphatic heterocycles. The summed E-state index contributed by atoms with van der Waals surface area (Å²) in [5.41, 5.74) is 2.62. The number of aromatic nitrogens is 4. The van der Waals surface area contributed by atoms with Crippen molar-refractivity contribution in [3.05, 3.63) is 46.8 Å². The average molecular weight is 378 g/mol. The quantitative estimate of drug-likeness (QED) is 0.482. The summed E-state index contributed by atoms with van der Waals surface area (Å²) in [6, 6.07) is 6.42. The van der Waals surface area contributed by atoms with E-state index in [0.29, 0.717) is 10.9 Å². The van der Waals surface area contributed by atoms with Crippen molar-refractivity contribution in [1.29, 1.82) is 0 Å². The molecule has 9 heteroatoms. The number of rotatable bonds is 6. The molecule has 3 aromatic rings. The van der Waals surface area contributed by atoms with Crippen LogP contribution in [0.4, 0.5) is 8.78 Å². The van der Waals surface area contributed by atoms with Gasteiger partial charge < -0.3 is 4.74 Å². The zero-order valence-corrected chi connectivity index (χ0v) is 15.2. The number of fused-ring (bicyclic) bond motifs is 1. The number of benzene rings is 1. The van der Waals surface area contributed by atoms with Crippen LogP contribution in [0.1, 0.15) is 27.3 Å². The van der Waals surface area contributed by atoms with Crippen molar-refractivity contribution in [3.8, 4) is 5.75 Å². The van der Waals surface area contributed by atoms with Gasteiger partial charge in [-0.1, -0.05) is 23.4 Å². The highest BCUT2D eigenvalue weighted by molar-refractivity contribution is 7.99. The lowest BCUT2D eigenvalue weighted by Crippen LogP contribution is -2.10. The first-order chi connectivity index (χ1) is 12.3. The molecule has 0 N–H and O–H groups in total. The number of nitrogens with zero attached hydrogens (tertiary/aromatic N) is 4. The van der Waals surface area contributed by atoms with Crippen LogP contribution in [-0.2, 0) is 0 Å². The highest BCUT2D eigenvalue weighted by Crippen LogP contribution is 2.26. The molecular formula is C17H16F2N4O2S. The smallest absolute Gasteiger partial charge is 0.387 e. The number of thioether (sulfide) groups is 1. The minimum atomic E-state index is -2.99. The van der Waals surface area contributed by atoms with Gasteiger partial charge in [-0.05, 0) is 39.0 Å². The summed E-state index contributed by atoms with van der Waals surface area (Å²) in [7, 11) is 0. The van der Waals surface area contributed by atoms with Crippen LogP contribution >= 0.6 is 11.8 Å². The molecule has 0 unspecified atom stereocenters. The van der Waals surface area contributed by atoms with E-state index in [1.165, 1.54) is 17.8 Å². The number of alkyl halides is 2. The Morgan fingerprint density at radius 1 is 1.23 bits per heavy atom. The van der Waals surface area contributed by atoms with Crippen LogP contribution in [0, 0.1) is 20.8 Å². The number of hydrogen-bond acceptors (Lipinski definition) is 6. The average Bonchev–Trinajstić information content (AvgIpc) is 2.97. The summed E-state index contributed by atoms with van der Waals surface area (Å²) in [5, 5.41) is 8.59. The first-order valence-corrected chi connectivity index (χ1v) is 8.74. The highest BCUT2D eigenvalue weighted by Gasteiger charge is 2.18. The van der Waals surface area contributed by atoms with E-state index in [-0.39, 0.29) is 22.8 Å². The van der Waals surface area contributed by atoms with E-state index in [2.05, 4.69) is 19.9 Å². The van der Waals surface area contributed by atoms with Gasteiger partial charge in [-0.3, -0.25) is 9.20 Å². The normalized spacial score (nSPS) is 11.3. The topological polar surface area (TPSA) is 69.4 Å². The Hall–Kier alpha value is -2.55. The molecule has 6 nitrogen and oxygen atoms in total. The lowest BCUT2D eigenvalue weighted by atomic mass is 10.1. The molecule has 0 fully saturated rings. The van der Waals surface area contributed by atoms with Crippen molar-refractivity contribution < 1.29 is 18.3 Å². The van der Waals surface area contributed by atoms with Crippen LogP contribution in [0.5, 0.6) is 5.75 Å². The lowest BCUT2D eigenvalue weighted by Gasteiger charge is -2.10. The maximum Gasteiger partial charge on any atom is 0.387 e. The third-order valence-electron chi connectivity index (χ3n) is 3.65. The van der Waals surface area contributed by atoms with Gasteiger partial charge in [0.1, 0.15) is 5.75 Å². The van der Waals surface area contributed by atoms with Crippen LogP contribution in [-0.4, -0.2) is 37.7 Å². The number of ketones is 1. The summed E-state index contributed by atoms with van der Waals surface area (Å²) in [6.45, 7) is 2.54. The Balaban J connectivity index is 1.83. The van der Waals surface area contributed by atoms with Gasteiger partial charge in [-0.15, -0.1) is 10.2 Å². The van der Waals surface area contributed by atoms with Crippen LogP contribution < -0.4 is 4.74 Å². The van der Waals surface area contributed by atoms with E-state index >= 15 is 0 Å². The second-order valence-corrected chi connectivity index (χ2v) is 6.69. The SMILES string of the molecule is Cc1ccc(OC(F)F)c(C(=O)CSc2nnc3nc(C)cc(C)n23)c1. The molecule has 3 rings (SSSR count). The van der Waals surface area contributed by atoms with E-state index in [0.717, 1.165) is 17.0 Å². The van der Waals surface area contributed by atoms with Gasteiger partial charge in [0.2, 0.25) is 0 Å². The zero-order valence-electron chi connectivity index (χ0n) is 14.4. The Morgan fingerprint density at radius 3 is 2.73 bits per heavy atom. The highest BCUT2D eigenvalue weighted by atomic mass is 32.2. The van der Waals surface area contributed by atoms with Crippen molar-refractivity contribution in [2.24, 2.45) is 0 Å². The van der Waals surface area contributed by atoms with E-state index in [9.17, 15) is 13.6 Å². The predicted molar refractivity (Wildman–Crippen MR) is 93.1 cm³/mol. The third-order valence-corrected chi connectivity index (χ3v) is 4.58. The molecule has 0 spiro atoms.